The Kier molecular flexibility index (Phi) is 3.14. The van der Waals surface area contributed by atoms with Crippen molar-refractivity contribution < 1.29 is 9.59 Å². The molecule has 0 bridgehead atoms. The summed E-state index contributed by atoms with van der Waals surface area (Å²) in [7, 11) is 0. The molecule has 0 aromatic carbocycles. The third kappa shape index (κ3) is 2.12. The summed E-state index contributed by atoms with van der Waals surface area (Å²) in [6.45, 7) is 4.80. The van der Waals surface area contributed by atoms with Crippen LogP contribution in [0, 0.1) is 0 Å². The highest BCUT2D eigenvalue weighted by atomic mass is 32.1. The molecule has 68 valence electrons. The van der Waals surface area contributed by atoms with Gasteiger partial charge in [0.05, 0.1) is 0 Å². The van der Waals surface area contributed by atoms with E-state index >= 15 is 0 Å². The van der Waals surface area contributed by atoms with Crippen molar-refractivity contribution >= 4 is 22.9 Å². The van der Waals surface area contributed by atoms with E-state index in [-0.39, 0.29) is 11.6 Å². The molecular weight excluding hydrogens is 184 g/mol. The SMILES string of the molecule is C=CC(=O)C(C(C)=O)c1ccsc1. The lowest BCUT2D eigenvalue weighted by Crippen LogP contribution is -2.16. The summed E-state index contributed by atoms with van der Waals surface area (Å²) in [5, 5.41) is 3.66. The van der Waals surface area contributed by atoms with Crippen LogP contribution in [-0.2, 0) is 9.59 Å². The number of hydrogen-bond donors (Lipinski definition) is 0. The minimum Gasteiger partial charge on any atom is -0.299 e. The number of carbonyl (C=O) groups excluding carboxylic acids is 2. The van der Waals surface area contributed by atoms with E-state index < -0.39 is 5.92 Å². The third-order valence-electron chi connectivity index (χ3n) is 1.77. The van der Waals surface area contributed by atoms with Crippen LogP contribution < -0.4 is 0 Å². The molecule has 0 fully saturated rings. The van der Waals surface area contributed by atoms with E-state index in [1.165, 1.54) is 24.3 Å². The number of Topliss-reactive ketones (excluding diaryl/α,β-unsaturated/α-hetero) is 1. The van der Waals surface area contributed by atoms with Gasteiger partial charge in [0.1, 0.15) is 11.7 Å². The van der Waals surface area contributed by atoms with E-state index in [9.17, 15) is 9.59 Å². The Balaban J connectivity index is 3.00. The van der Waals surface area contributed by atoms with Gasteiger partial charge in [-0.05, 0) is 35.4 Å². The summed E-state index contributed by atoms with van der Waals surface area (Å²) in [6, 6.07) is 1.79. The maximum absolute atomic E-state index is 11.3. The predicted octanol–water partition coefficient (Wildman–Crippen LogP) is 2.18. The van der Waals surface area contributed by atoms with Gasteiger partial charge in [-0.15, -0.1) is 0 Å². The molecule has 1 unspecified atom stereocenters. The minimum absolute atomic E-state index is 0.136. The quantitative estimate of drug-likeness (QED) is 0.543. The molecule has 13 heavy (non-hydrogen) atoms. The van der Waals surface area contributed by atoms with Gasteiger partial charge in [-0.1, -0.05) is 6.58 Å². The highest BCUT2D eigenvalue weighted by Crippen LogP contribution is 2.20. The van der Waals surface area contributed by atoms with Crippen LogP contribution in [0.15, 0.2) is 29.5 Å². The van der Waals surface area contributed by atoms with E-state index in [0.717, 1.165) is 5.56 Å². The van der Waals surface area contributed by atoms with Crippen LogP contribution in [0.1, 0.15) is 18.4 Å². The second-order valence-corrected chi connectivity index (χ2v) is 3.49. The molecule has 3 heteroatoms. The minimum atomic E-state index is -0.649. The Labute approximate surface area is 80.9 Å². The van der Waals surface area contributed by atoms with Gasteiger partial charge in [-0.3, -0.25) is 9.59 Å². The van der Waals surface area contributed by atoms with Gasteiger partial charge in [0.25, 0.3) is 0 Å². The molecule has 1 atom stereocenters. The van der Waals surface area contributed by atoms with E-state index in [0.29, 0.717) is 0 Å². The molecule has 0 radical (unpaired) electrons. The standard InChI is InChI=1S/C10H10O2S/c1-3-9(12)10(7(2)11)8-4-5-13-6-8/h3-6,10H,1H2,2H3. The molecule has 0 aliphatic heterocycles. The average molecular weight is 194 g/mol. The Morgan fingerprint density at radius 3 is 2.69 bits per heavy atom. The molecule has 1 rings (SSSR count). The van der Waals surface area contributed by atoms with Gasteiger partial charge in [-0.2, -0.15) is 11.3 Å². The number of thiophene rings is 1. The summed E-state index contributed by atoms with van der Waals surface area (Å²) in [4.78, 5) is 22.5. The largest absolute Gasteiger partial charge is 0.299 e. The second-order valence-electron chi connectivity index (χ2n) is 2.71. The summed E-state index contributed by atoms with van der Waals surface area (Å²) in [5.74, 6) is -1.02. The molecule has 1 aromatic rings. The summed E-state index contributed by atoms with van der Waals surface area (Å²) in [5.41, 5.74) is 0.766. The monoisotopic (exact) mass is 194 g/mol. The highest BCUT2D eigenvalue weighted by Gasteiger charge is 2.22. The maximum atomic E-state index is 11.3. The lowest BCUT2D eigenvalue weighted by Gasteiger charge is -2.07. The summed E-state index contributed by atoms with van der Waals surface area (Å²) >= 11 is 1.47. The topological polar surface area (TPSA) is 34.1 Å². The molecule has 0 N–H and O–H groups in total. The Bertz CT molecular complexity index is 325. The predicted molar refractivity (Wildman–Crippen MR) is 52.9 cm³/mol. The zero-order valence-corrected chi connectivity index (χ0v) is 8.14. The zero-order valence-electron chi connectivity index (χ0n) is 7.32. The van der Waals surface area contributed by atoms with Crippen molar-refractivity contribution in [2.75, 3.05) is 0 Å². The molecular formula is C10H10O2S. The van der Waals surface area contributed by atoms with Crippen LogP contribution in [0.3, 0.4) is 0 Å². The Hall–Kier alpha value is -1.22. The molecule has 1 heterocycles. The molecule has 0 saturated carbocycles. The molecule has 1 aromatic heterocycles. The molecule has 2 nitrogen and oxygen atoms in total. The molecule has 0 saturated heterocycles. The van der Waals surface area contributed by atoms with Gasteiger partial charge < -0.3 is 0 Å². The lowest BCUT2D eigenvalue weighted by molar-refractivity contribution is -0.125. The first-order valence-electron chi connectivity index (χ1n) is 3.85. The van der Waals surface area contributed by atoms with Crippen molar-refractivity contribution in [1.82, 2.24) is 0 Å². The van der Waals surface area contributed by atoms with Gasteiger partial charge >= 0.3 is 0 Å². The number of carbonyl (C=O) groups is 2. The maximum Gasteiger partial charge on any atom is 0.169 e. The first-order chi connectivity index (χ1) is 6.16. The van der Waals surface area contributed by atoms with E-state index in [1.807, 2.05) is 10.8 Å². The summed E-state index contributed by atoms with van der Waals surface area (Å²) in [6.07, 6.45) is 1.20. The Morgan fingerprint density at radius 1 is 1.62 bits per heavy atom. The first kappa shape index (κ1) is 9.86. The number of rotatable bonds is 4. The van der Waals surface area contributed by atoms with Gasteiger partial charge in [0.2, 0.25) is 0 Å². The van der Waals surface area contributed by atoms with Crippen molar-refractivity contribution in [3.63, 3.8) is 0 Å². The van der Waals surface area contributed by atoms with Crippen LogP contribution in [0.5, 0.6) is 0 Å². The number of allylic oxidation sites excluding steroid dienone is 1. The van der Waals surface area contributed by atoms with Crippen LogP contribution in [0.2, 0.25) is 0 Å². The highest BCUT2D eigenvalue weighted by molar-refractivity contribution is 7.08. The number of ketones is 2. The normalized spacial score (nSPS) is 12.1. The van der Waals surface area contributed by atoms with E-state index in [2.05, 4.69) is 6.58 Å². The van der Waals surface area contributed by atoms with Gasteiger partial charge in [-0.25, -0.2) is 0 Å². The van der Waals surface area contributed by atoms with Crippen LogP contribution >= 0.6 is 11.3 Å². The fourth-order valence-corrected chi connectivity index (χ4v) is 1.84. The summed E-state index contributed by atoms with van der Waals surface area (Å²) < 4.78 is 0. The van der Waals surface area contributed by atoms with Crippen molar-refractivity contribution in [3.8, 4) is 0 Å². The first-order valence-corrected chi connectivity index (χ1v) is 4.80. The third-order valence-corrected chi connectivity index (χ3v) is 2.47. The van der Waals surface area contributed by atoms with Crippen molar-refractivity contribution in [1.29, 1.82) is 0 Å². The molecule has 0 aliphatic carbocycles. The van der Waals surface area contributed by atoms with Crippen LogP contribution in [0.4, 0.5) is 0 Å². The number of hydrogen-bond acceptors (Lipinski definition) is 3. The fraction of sp³-hybridized carbons (Fsp3) is 0.200. The second kappa shape index (κ2) is 4.14. The van der Waals surface area contributed by atoms with Gasteiger partial charge in [0.15, 0.2) is 5.78 Å². The van der Waals surface area contributed by atoms with E-state index in [1.54, 1.807) is 6.07 Å². The lowest BCUT2D eigenvalue weighted by atomic mass is 9.93. The van der Waals surface area contributed by atoms with Crippen molar-refractivity contribution in [2.45, 2.75) is 12.8 Å². The van der Waals surface area contributed by atoms with E-state index in [4.69, 9.17) is 0 Å². The Morgan fingerprint density at radius 2 is 2.31 bits per heavy atom. The van der Waals surface area contributed by atoms with Crippen LogP contribution in [0.25, 0.3) is 0 Å². The van der Waals surface area contributed by atoms with Crippen molar-refractivity contribution in [2.24, 2.45) is 0 Å². The van der Waals surface area contributed by atoms with Crippen LogP contribution in [-0.4, -0.2) is 11.6 Å². The molecule has 0 amide bonds. The van der Waals surface area contributed by atoms with Gasteiger partial charge in [0, 0.05) is 0 Å². The molecule has 0 spiro atoms. The fourth-order valence-electron chi connectivity index (χ4n) is 1.16. The van der Waals surface area contributed by atoms with Crippen molar-refractivity contribution in [3.05, 3.63) is 35.0 Å². The average Bonchev–Trinajstić information content (AvgIpc) is 2.56. The smallest absolute Gasteiger partial charge is 0.169 e. The molecule has 0 aliphatic rings. The zero-order chi connectivity index (χ0) is 9.84.